The van der Waals surface area contributed by atoms with Crippen molar-refractivity contribution in [1.82, 2.24) is 19.9 Å². The quantitative estimate of drug-likeness (QED) is 0.484. The molecular weight excluding hydrogens is 418 g/mol. The zero-order chi connectivity index (χ0) is 20.5. The molecule has 152 valence electrons. The predicted molar refractivity (Wildman–Crippen MR) is 120 cm³/mol. The van der Waals surface area contributed by atoms with Gasteiger partial charge in [0.1, 0.15) is 26.8 Å². The molecule has 4 aromatic rings. The highest BCUT2D eigenvalue weighted by Crippen LogP contribution is 2.29. The van der Waals surface area contributed by atoms with Crippen LogP contribution in [0.25, 0.3) is 20.9 Å². The Kier molecular flexibility index (Phi) is 5.06. The Hall–Kier alpha value is -3.04. The van der Waals surface area contributed by atoms with E-state index in [1.807, 2.05) is 46.7 Å². The van der Waals surface area contributed by atoms with Crippen LogP contribution < -0.4 is 9.64 Å². The number of carbonyl (C=O) groups excluding carboxylic acids is 1. The van der Waals surface area contributed by atoms with Gasteiger partial charge in [-0.25, -0.2) is 15.0 Å². The van der Waals surface area contributed by atoms with Gasteiger partial charge in [-0.05, 0) is 36.4 Å². The number of hydrogen-bond donors (Lipinski definition) is 0. The van der Waals surface area contributed by atoms with E-state index in [2.05, 4.69) is 19.9 Å². The van der Waals surface area contributed by atoms with E-state index in [1.165, 1.54) is 11.3 Å². The molecule has 3 aromatic heterocycles. The second kappa shape index (κ2) is 8.00. The van der Waals surface area contributed by atoms with Gasteiger partial charge in [0.2, 0.25) is 0 Å². The number of methoxy groups -OCH3 is 1. The molecule has 4 heterocycles. The smallest absolute Gasteiger partial charge is 0.273 e. The van der Waals surface area contributed by atoms with Crippen LogP contribution >= 0.6 is 22.7 Å². The van der Waals surface area contributed by atoms with E-state index in [4.69, 9.17) is 4.74 Å². The minimum atomic E-state index is -0.0170. The Morgan fingerprint density at radius 2 is 1.87 bits per heavy atom. The molecule has 5 rings (SSSR count). The Bertz CT molecular complexity index is 1150. The molecule has 0 bridgehead atoms. The van der Waals surface area contributed by atoms with Crippen molar-refractivity contribution in [2.24, 2.45) is 0 Å². The summed E-state index contributed by atoms with van der Waals surface area (Å²) in [5.41, 5.74) is 2.40. The lowest BCUT2D eigenvalue weighted by molar-refractivity contribution is 0.0742. The number of piperazine rings is 1. The molecular formula is C21H19N5O2S2. The molecule has 30 heavy (non-hydrogen) atoms. The molecule has 9 heteroatoms. The molecule has 0 spiro atoms. The van der Waals surface area contributed by atoms with Crippen LogP contribution in [0.1, 0.15) is 10.5 Å². The van der Waals surface area contributed by atoms with Crippen molar-refractivity contribution in [1.29, 1.82) is 0 Å². The van der Waals surface area contributed by atoms with Crippen LogP contribution in [0.2, 0.25) is 0 Å². The van der Waals surface area contributed by atoms with Crippen LogP contribution in [0.15, 0.2) is 48.0 Å². The number of benzene rings is 1. The fraction of sp³-hybridized carbons (Fsp3) is 0.238. The van der Waals surface area contributed by atoms with E-state index in [1.54, 1.807) is 24.6 Å². The van der Waals surface area contributed by atoms with E-state index < -0.39 is 0 Å². The summed E-state index contributed by atoms with van der Waals surface area (Å²) in [5, 5.41) is 3.64. The number of thiazole rings is 2. The van der Waals surface area contributed by atoms with Gasteiger partial charge in [0.15, 0.2) is 5.13 Å². The van der Waals surface area contributed by atoms with E-state index in [0.29, 0.717) is 18.8 Å². The summed E-state index contributed by atoms with van der Waals surface area (Å²) in [6.45, 7) is 2.80. The lowest BCUT2D eigenvalue weighted by Gasteiger charge is -2.34. The van der Waals surface area contributed by atoms with Crippen molar-refractivity contribution in [3.05, 3.63) is 53.7 Å². The van der Waals surface area contributed by atoms with Crippen LogP contribution in [0.3, 0.4) is 0 Å². The summed E-state index contributed by atoms with van der Waals surface area (Å²) >= 11 is 3.08. The first-order valence-corrected chi connectivity index (χ1v) is 11.3. The van der Waals surface area contributed by atoms with Gasteiger partial charge in [0.05, 0.1) is 7.11 Å². The second-order valence-corrected chi connectivity index (χ2v) is 8.68. The maximum absolute atomic E-state index is 12.9. The summed E-state index contributed by atoms with van der Waals surface area (Å²) < 4.78 is 5.20. The van der Waals surface area contributed by atoms with Gasteiger partial charge in [-0.15, -0.1) is 11.3 Å². The van der Waals surface area contributed by atoms with Crippen molar-refractivity contribution in [2.45, 2.75) is 0 Å². The number of anilines is 1. The number of ether oxygens (including phenoxy) is 1. The first-order valence-electron chi connectivity index (χ1n) is 9.57. The van der Waals surface area contributed by atoms with Crippen LogP contribution in [-0.4, -0.2) is 59.0 Å². The molecule has 1 amide bonds. The van der Waals surface area contributed by atoms with Gasteiger partial charge in [-0.3, -0.25) is 4.79 Å². The standard InChI is InChI=1S/C21H19N5O2S2/c1-28-15-6-4-14(5-7-15)18-23-17(13-29-18)20(27)25-9-11-26(12-10-25)21-24-16-3-2-8-22-19(16)30-21/h2-8,13H,9-12H2,1H3. The third-order valence-electron chi connectivity index (χ3n) is 5.05. The molecule has 0 saturated carbocycles. The molecule has 1 saturated heterocycles. The fourth-order valence-electron chi connectivity index (χ4n) is 3.39. The Labute approximate surface area is 181 Å². The van der Waals surface area contributed by atoms with Crippen molar-refractivity contribution in [3.63, 3.8) is 0 Å². The van der Waals surface area contributed by atoms with Crippen LogP contribution in [-0.2, 0) is 0 Å². The molecule has 0 radical (unpaired) electrons. The summed E-state index contributed by atoms with van der Waals surface area (Å²) in [5.74, 6) is 0.782. The van der Waals surface area contributed by atoms with Gasteiger partial charge >= 0.3 is 0 Å². The SMILES string of the molecule is COc1ccc(-c2nc(C(=O)N3CCN(c4nc5cccnc5s4)CC3)cs2)cc1. The molecule has 7 nitrogen and oxygen atoms in total. The number of rotatable bonds is 4. The molecule has 1 fully saturated rings. The Balaban J connectivity index is 1.25. The average molecular weight is 438 g/mol. The summed E-state index contributed by atoms with van der Waals surface area (Å²) in [6.07, 6.45) is 1.79. The van der Waals surface area contributed by atoms with Gasteiger partial charge < -0.3 is 14.5 Å². The summed E-state index contributed by atoms with van der Waals surface area (Å²) in [7, 11) is 1.64. The van der Waals surface area contributed by atoms with E-state index in [9.17, 15) is 4.79 Å². The lowest BCUT2D eigenvalue weighted by atomic mass is 10.2. The van der Waals surface area contributed by atoms with Gasteiger partial charge in [0, 0.05) is 43.3 Å². The normalized spacial score (nSPS) is 14.3. The Morgan fingerprint density at radius 1 is 1.07 bits per heavy atom. The maximum Gasteiger partial charge on any atom is 0.273 e. The Morgan fingerprint density at radius 3 is 2.60 bits per heavy atom. The second-order valence-electron chi connectivity index (χ2n) is 6.87. The molecule has 0 unspecified atom stereocenters. The van der Waals surface area contributed by atoms with Crippen molar-refractivity contribution >= 4 is 44.1 Å². The number of carbonyl (C=O) groups is 1. The van der Waals surface area contributed by atoms with E-state index >= 15 is 0 Å². The predicted octanol–water partition coefficient (Wildman–Crippen LogP) is 3.79. The van der Waals surface area contributed by atoms with Crippen molar-refractivity contribution in [2.75, 3.05) is 38.2 Å². The monoisotopic (exact) mass is 437 g/mol. The molecule has 0 atom stereocenters. The zero-order valence-corrected chi connectivity index (χ0v) is 17.9. The number of aromatic nitrogens is 3. The highest BCUT2D eigenvalue weighted by Gasteiger charge is 2.25. The van der Waals surface area contributed by atoms with Gasteiger partial charge in [-0.1, -0.05) is 11.3 Å². The number of fused-ring (bicyclic) bond motifs is 1. The number of hydrogen-bond acceptors (Lipinski definition) is 8. The number of amides is 1. The van der Waals surface area contributed by atoms with Crippen LogP contribution in [0, 0.1) is 0 Å². The highest BCUT2D eigenvalue weighted by atomic mass is 32.1. The fourth-order valence-corrected chi connectivity index (χ4v) is 5.16. The van der Waals surface area contributed by atoms with Crippen molar-refractivity contribution < 1.29 is 9.53 Å². The summed E-state index contributed by atoms with van der Waals surface area (Å²) in [4.78, 5) is 31.6. The highest BCUT2D eigenvalue weighted by molar-refractivity contribution is 7.21. The number of pyridine rings is 1. The molecule has 1 aliphatic rings. The molecule has 0 aliphatic carbocycles. The van der Waals surface area contributed by atoms with E-state index in [-0.39, 0.29) is 5.91 Å². The largest absolute Gasteiger partial charge is 0.497 e. The lowest BCUT2D eigenvalue weighted by Crippen LogP contribution is -2.48. The number of nitrogens with zero attached hydrogens (tertiary/aromatic N) is 5. The first-order chi connectivity index (χ1) is 14.7. The van der Waals surface area contributed by atoms with Crippen LogP contribution in [0.5, 0.6) is 5.75 Å². The van der Waals surface area contributed by atoms with Gasteiger partial charge in [-0.2, -0.15) is 0 Å². The summed E-state index contributed by atoms with van der Waals surface area (Å²) in [6, 6.07) is 11.6. The average Bonchev–Trinajstić information content (AvgIpc) is 3.46. The molecule has 0 N–H and O–H groups in total. The van der Waals surface area contributed by atoms with Crippen molar-refractivity contribution in [3.8, 4) is 16.3 Å². The van der Waals surface area contributed by atoms with Gasteiger partial charge in [0.25, 0.3) is 5.91 Å². The minimum Gasteiger partial charge on any atom is -0.497 e. The molecule has 1 aliphatic heterocycles. The third-order valence-corrected chi connectivity index (χ3v) is 6.98. The third kappa shape index (κ3) is 3.61. The first kappa shape index (κ1) is 19.0. The zero-order valence-electron chi connectivity index (χ0n) is 16.3. The maximum atomic E-state index is 12.9. The van der Waals surface area contributed by atoms with E-state index in [0.717, 1.165) is 44.9 Å². The minimum absolute atomic E-state index is 0.0170. The topological polar surface area (TPSA) is 71.5 Å². The van der Waals surface area contributed by atoms with Crippen LogP contribution in [0.4, 0.5) is 5.13 Å². The molecule has 1 aromatic carbocycles.